The van der Waals surface area contributed by atoms with Gasteiger partial charge in [0, 0.05) is 0 Å². The lowest BCUT2D eigenvalue weighted by molar-refractivity contribution is -0.253. The summed E-state index contributed by atoms with van der Waals surface area (Å²) in [6.45, 7) is -0.550. The molecule has 0 aromatic carbocycles. The van der Waals surface area contributed by atoms with Crippen LogP contribution in [-0.4, -0.2) is 69.5 Å². The predicted octanol–water partition coefficient (Wildman–Crippen LogP) is -2.86. The minimum absolute atomic E-state index is 0.338. The van der Waals surface area contributed by atoms with E-state index in [2.05, 4.69) is 5.32 Å². The van der Waals surface area contributed by atoms with E-state index < -0.39 is 43.2 Å². The lowest BCUT2D eigenvalue weighted by Crippen LogP contribution is -2.64. The zero-order chi connectivity index (χ0) is 12.3. The van der Waals surface area contributed by atoms with E-state index in [9.17, 15) is 20.1 Å². The van der Waals surface area contributed by atoms with Crippen LogP contribution in [0.1, 0.15) is 0 Å². The Bertz CT molecular complexity index is 253. The molecule has 0 aliphatic carbocycles. The molecular formula is C8H14ClNO6. The van der Waals surface area contributed by atoms with Crippen LogP contribution in [0, 0.1) is 0 Å². The molecule has 0 bridgehead atoms. The Morgan fingerprint density at radius 1 is 1.31 bits per heavy atom. The second-order valence-corrected chi connectivity index (χ2v) is 3.72. The number of nitrogens with one attached hydrogen (secondary N) is 1. The van der Waals surface area contributed by atoms with Gasteiger partial charge >= 0.3 is 0 Å². The Morgan fingerprint density at radius 3 is 2.44 bits per heavy atom. The number of ether oxygens (including phenoxy) is 1. The lowest BCUT2D eigenvalue weighted by atomic mass is 9.97. The number of aliphatic hydroxyl groups is 4. The normalized spacial score (nSPS) is 39.4. The van der Waals surface area contributed by atoms with Crippen molar-refractivity contribution < 1.29 is 30.0 Å². The Balaban J connectivity index is 2.67. The van der Waals surface area contributed by atoms with E-state index in [1.165, 1.54) is 0 Å². The zero-order valence-electron chi connectivity index (χ0n) is 8.28. The monoisotopic (exact) mass is 255 g/mol. The summed E-state index contributed by atoms with van der Waals surface area (Å²) in [7, 11) is 0. The van der Waals surface area contributed by atoms with E-state index in [1.807, 2.05) is 0 Å². The van der Waals surface area contributed by atoms with Crippen molar-refractivity contribution in [1.82, 2.24) is 5.32 Å². The molecule has 0 radical (unpaired) electrons. The maximum absolute atomic E-state index is 11.0. The van der Waals surface area contributed by atoms with Crippen LogP contribution in [0.15, 0.2) is 0 Å². The summed E-state index contributed by atoms with van der Waals surface area (Å²) in [5.41, 5.74) is 0. The molecule has 1 rings (SSSR count). The van der Waals surface area contributed by atoms with Gasteiger partial charge < -0.3 is 30.5 Å². The standard InChI is InChI=1S/C8H14ClNO6/c9-1-4(12)10-5-7(14)6(13)3(2-11)16-8(5)15/h3,5-8,11,13-15H,1-2H2,(H,10,12)/t3?,5-,6?,7+,8?/m0/s1. The number of carbonyl (C=O) groups is 1. The Morgan fingerprint density at radius 2 is 1.94 bits per heavy atom. The summed E-state index contributed by atoms with van der Waals surface area (Å²) >= 11 is 5.24. The fraction of sp³-hybridized carbons (Fsp3) is 0.875. The predicted molar refractivity (Wildman–Crippen MR) is 52.6 cm³/mol. The molecule has 1 fully saturated rings. The Kier molecular flexibility index (Phi) is 4.90. The molecule has 5 atom stereocenters. The third kappa shape index (κ3) is 2.82. The van der Waals surface area contributed by atoms with Crippen LogP contribution in [-0.2, 0) is 9.53 Å². The summed E-state index contributed by atoms with van der Waals surface area (Å²) in [6.07, 6.45) is -5.43. The van der Waals surface area contributed by atoms with Crippen LogP contribution in [0.25, 0.3) is 0 Å². The van der Waals surface area contributed by atoms with Gasteiger partial charge in [0.2, 0.25) is 5.91 Å². The van der Waals surface area contributed by atoms with Gasteiger partial charge in [-0.1, -0.05) is 0 Å². The number of carbonyl (C=O) groups excluding carboxylic acids is 1. The third-order valence-corrected chi connectivity index (χ3v) is 2.59. The molecule has 1 heterocycles. The molecule has 1 aliphatic heterocycles. The Labute approximate surface area is 96.6 Å². The number of hydrogen-bond donors (Lipinski definition) is 5. The summed E-state index contributed by atoms with van der Waals surface area (Å²) in [6, 6.07) is -1.18. The van der Waals surface area contributed by atoms with Crippen molar-refractivity contribution in [3.8, 4) is 0 Å². The largest absolute Gasteiger partial charge is 0.394 e. The highest BCUT2D eigenvalue weighted by Gasteiger charge is 2.44. The second-order valence-electron chi connectivity index (χ2n) is 3.46. The zero-order valence-corrected chi connectivity index (χ0v) is 9.04. The minimum atomic E-state index is -1.51. The van der Waals surface area contributed by atoms with Crippen molar-refractivity contribution in [2.75, 3.05) is 12.5 Å². The van der Waals surface area contributed by atoms with E-state index in [4.69, 9.17) is 21.4 Å². The van der Waals surface area contributed by atoms with Crippen molar-refractivity contribution in [1.29, 1.82) is 0 Å². The van der Waals surface area contributed by atoms with Crippen LogP contribution < -0.4 is 5.32 Å². The van der Waals surface area contributed by atoms with Gasteiger partial charge in [-0.05, 0) is 0 Å². The van der Waals surface area contributed by atoms with Gasteiger partial charge in [0.15, 0.2) is 6.29 Å². The van der Waals surface area contributed by atoms with Crippen LogP contribution in [0.3, 0.4) is 0 Å². The molecule has 16 heavy (non-hydrogen) atoms. The summed E-state index contributed by atoms with van der Waals surface area (Å²) in [5.74, 6) is -0.946. The molecule has 3 unspecified atom stereocenters. The van der Waals surface area contributed by atoms with Crippen molar-refractivity contribution in [3.63, 3.8) is 0 Å². The van der Waals surface area contributed by atoms with Gasteiger partial charge in [-0.2, -0.15) is 0 Å². The lowest BCUT2D eigenvalue weighted by Gasteiger charge is -2.40. The first-order valence-corrected chi connectivity index (χ1v) is 5.20. The second kappa shape index (κ2) is 5.76. The molecular weight excluding hydrogens is 242 g/mol. The van der Waals surface area contributed by atoms with Gasteiger partial charge in [-0.15, -0.1) is 11.6 Å². The molecule has 0 aromatic rings. The summed E-state index contributed by atoms with van der Waals surface area (Å²) in [4.78, 5) is 11.0. The van der Waals surface area contributed by atoms with Crippen molar-refractivity contribution in [3.05, 3.63) is 0 Å². The molecule has 0 spiro atoms. The quantitative estimate of drug-likeness (QED) is 0.346. The van der Waals surface area contributed by atoms with Gasteiger partial charge in [-0.3, -0.25) is 4.79 Å². The van der Waals surface area contributed by atoms with E-state index in [-0.39, 0.29) is 5.88 Å². The molecule has 0 aromatic heterocycles. The number of alkyl halides is 1. The number of rotatable bonds is 3. The number of halogens is 1. The fourth-order valence-electron chi connectivity index (χ4n) is 1.48. The molecule has 1 aliphatic rings. The first-order valence-electron chi connectivity index (χ1n) is 4.67. The van der Waals surface area contributed by atoms with Crippen LogP contribution in [0.2, 0.25) is 0 Å². The van der Waals surface area contributed by atoms with E-state index in [0.29, 0.717) is 0 Å². The molecule has 1 amide bonds. The highest BCUT2D eigenvalue weighted by atomic mass is 35.5. The maximum atomic E-state index is 11.0. The highest BCUT2D eigenvalue weighted by molar-refractivity contribution is 6.27. The van der Waals surface area contributed by atoms with E-state index in [0.717, 1.165) is 0 Å². The van der Waals surface area contributed by atoms with Crippen molar-refractivity contribution in [2.24, 2.45) is 0 Å². The molecule has 7 nitrogen and oxygen atoms in total. The van der Waals surface area contributed by atoms with Gasteiger partial charge in [0.1, 0.15) is 30.2 Å². The van der Waals surface area contributed by atoms with Gasteiger partial charge in [-0.25, -0.2) is 0 Å². The van der Waals surface area contributed by atoms with Crippen molar-refractivity contribution >= 4 is 17.5 Å². The van der Waals surface area contributed by atoms with Crippen LogP contribution in [0.4, 0.5) is 0 Å². The topological polar surface area (TPSA) is 119 Å². The van der Waals surface area contributed by atoms with Gasteiger partial charge in [0.05, 0.1) is 6.61 Å². The smallest absolute Gasteiger partial charge is 0.235 e. The summed E-state index contributed by atoms with van der Waals surface area (Å²) in [5, 5.41) is 39.5. The molecule has 5 N–H and O–H groups in total. The number of aliphatic hydroxyl groups excluding tert-OH is 4. The molecule has 94 valence electrons. The first kappa shape index (κ1) is 13.6. The minimum Gasteiger partial charge on any atom is -0.394 e. The molecule has 0 saturated carbocycles. The van der Waals surface area contributed by atoms with Crippen LogP contribution >= 0.6 is 11.6 Å². The van der Waals surface area contributed by atoms with Gasteiger partial charge in [0.25, 0.3) is 0 Å². The Hall–Kier alpha value is -0.440. The number of hydrogen-bond acceptors (Lipinski definition) is 6. The van der Waals surface area contributed by atoms with E-state index in [1.54, 1.807) is 0 Å². The molecule has 1 saturated heterocycles. The van der Waals surface area contributed by atoms with Crippen molar-refractivity contribution in [2.45, 2.75) is 30.6 Å². The van der Waals surface area contributed by atoms with E-state index >= 15 is 0 Å². The third-order valence-electron chi connectivity index (χ3n) is 2.35. The summed E-state index contributed by atoms with van der Waals surface area (Å²) < 4.78 is 4.81. The fourth-order valence-corrected chi connectivity index (χ4v) is 1.55. The first-order chi connectivity index (χ1) is 7.51. The maximum Gasteiger partial charge on any atom is 0.235 e. The highest BCUT2D eigenvalue weighted by Crippen LogP contribution is 2.19. The average molecular weight is 256 g/mol. The number of amides is 1. The molecule has 8 heteroatoms. The van der Waals surface area contributed by atoms with Crippen LogP contribution in [0.5, 0.6) is 0 Å². The average Bonchev–Trinajstić information content (AvgIpc) is 2.28. The SMILES string of the molecule is O=C(CCl)N[C@@H]1C(O)OC(CO)C(O)[C@@H]1O.